The number of rotatable bonds is 5. The minimum Gasteiger partial charge on any atom is -0.327 e. The summed E-state index contributed by atoms with van der Waals surface area (Å²) in [5.41, 5.74) is 8.38. The quantitative estimate of drug-likeness (QED) is 0.851. The molecule has 2 N–H and O–H groups in total. The van der Waals surface area contributed by atoms with Crippen LogP contribution in [0.15, 0.2) is 24.3 Å². The van der Waals surface area contributed by atoms with Crippen molar-refractivity contribution in [3.05, 3.63) is 35.4 Å². The lowest BCUT2D eigenvalue weighted by Crippen LogP contribution is -2.29. The molecule has 0 aliphatic heterocycles. The highest BCUT2D eigenvalue weighted by molar-refractivity contribution is 7.84. The molecule has 1 aromatic carbocycles. The summed E-state index contributed by atoms with van der Waals surface area (Å²) in [4.78, 5) is 0. The molecule has 16 heavy (non-hydrogen) atoms. The molecular weight excluding hydrogens is 218 g/mol. The van der Waals surface area contributed by atoms with Crippen LogP contribution in [0.4, 0.5) is 0 Å². The van der Waals surface area contributed by atoms with Gasteiger partial charge in [0.1, 0.15) is 0 Å². The summed E-state index contributed by atoms with van der Waals surface area (Å²) in [6.07, 6.45) is 2.45. The molecule has 0 bridgehead atoms. The van der Waals surface area contributed by atoms with Gasteiger partial charge in [0.25, 0.3) is 0 Å². The van der Waals surface area contributed by atoms with Crippen molar-refractivity contribution in [2.45, 2.75) is 31.6 Å². The lowest BCUT2D eigenvalue weighted by molar-refractivity contribution is 0.634. The molecule has 1 aliphatic carbocycles. The Bertz CT molecular complexity index is 387. The first kappa shape index (κ1) is 11.8. The Morgan fingerprint density at radius 2 is 2.12 bits per heavy atom. The first-order chi connectivity index (χ1) is 7.66. The smallest absolute Gasteiger partial charge is 0.0488 e. The molecule has 88 valence electrons. The highest BCUT2D eigenvalue weighted by Crippen LogP contribution is 2.31. The van der Waals surface area contributed by atoms with Crippen LogP contribution in [0.3, 0.4) is 0 Å². The zero-order valence-corrected chi connectivity index (χ0v) is 10.5. The van der Waals surface area contributed by atoms with Crippen LogP contribution in [0.25, 0.3) is 0 Å². The van der Waals surface area contributed by atoms with Gasteiger partial charge in [-0.1, -0.05) is 24.3 Å². The van der Waals surface area contributed by atoms with Gasteiger partial charge < -0.3 is 5.73 Å². The van der Waals surface area contributed by atoms with Crippen molar-refractivity contribution in [1.29, 1.82) is 0 Å². The van der Waals surface area contributed by atoms with E-state index in [1.165, 1.54) is 24.0 Å². The Morgan fingerprint density at radius 1 is 1.44 bits per heavy atom. The van der Waals surface area contributed by atoms with E-state index < -0.39 is 10.8 Å². The Hall–Kier alpha value is -0.670. The van der Waals surface area contributed by atoms with E-state index in [-0.39, 0.29) is 6.04 Å². The van der Waals surface area contributed by atoms with Gasteiger partial charge in [-0.2, -0.15) is 0 Å². The fourth-order valence-electron chi connectivity index (χ4n) is 1.88. The summed E-state index contributed by atoms with van der Waals surface area (Å²) in [5, 5.41) is 0. The van der Waals surface area contributed by atoms with Gasteiger partial charge in [0.05, 0.1) is 0 Å². The molecule has 0 radical (unpaired) electrons. The highest BCUT2D eigenvalue weighted by Gasteiger charge is 2.29. The van der Waals surface area contributed by atoms with Crippen molar-refractivity contribution in [2.75, 3.05) is 5.75 Å². The second-order valence-electron chi connectivity index (χ2n) is 4.68. The fourth-order valence-corrected chi connectivity index (χ4v) is 3.37. The van der Waals surface area contributed by atoms with Crippen molar-refractivity contribution < 1.29 is 4.21 Å². The summed E-state index contributed by atoms with van der Waals surface area (Å²) in [6.45, 7) is 2.06. The summed E-state index contributed by atoms with van der Waals surface area (Å²) >= 11 is 0. The van der Waals surface area contributed by atoms with E-state index in [9.17, 15) is 4.21 Å². The van der Waals surface area contributed by atoms with E-state index >= 15 is 0 Å². The third-order valence-corrected chi connectivity index (χ3v) is 4.57. The molecule has 2 atom stereocenters. The van der Waals surface area contributed by atoms with Crippen LogP contribution in [0, 0.1) is 12.8 Å². The van der Waals surface area contributed by atoms with Crippen LogP contribution in [-0.2, 0) is 16.6 Å². The number of hydrogen-bond acceptors (Lipinski definition) is 2. The summed E-state index contributed by atoms with van der Waals surface area (Å²) < 4.78 is 11.9. The lowest BCUT2D eigenvalue weighted by atomic mass is 10.1. The Kier molecular flexibility index (Phi) is 3.77. The van der Waals surface area contributed by atoms with Gasteiger partial charge in [0.2, 0.25) is 0 Å². The zero-order chi connectivity index (χ0) is 11.5. The zero-order valence-electron chi connectivity index (χ0n) is 9.69. The third kappa shape index (κ3) is 3.16. The molecule has 0 amide bonds. The molecule has 2 nitrogen and oxygen atoms in total. The monoisotopic (exact) mass is 237 g/mol. The average molecular weight is 237 g/mol. The van der Waals surface area contributed by atoms with E-state index in [0.29, 0.717) is 17.4 Å². The second kappa shape index (κ2) is 5.11. The van der Waals surface area contributed by atoms with Crippen LogP contribution in [-0.4, -0.2) is 16.0 Å². The van der Waals surface area contributed by atoms with E-state index in [1.807, 2.05) is 12.1 Å². The van der Waals surface area contributed by atoms with Crippen molar-refractivity contribution in [3.63, 3.8) is 0 Å². The third-order valence-electron chi connectivity index (χ3n) is 3.18. The van der Waals surface area contributed by atoms with E-state index in [2.05, 4.69) is 19.1 Å². The first-order valence-corrected chi connectivity index (χ1v) is 7.30. The maximum Gasteiger partial charge on any atom is 0.0488 e. The Balaban J connectivity index is 1.89. The Morgan fingerprint density at radius 3 is 2.75 bits per heavy atom. The number of hydrogen-bond donors (Lipinski definition) is 1. The van der Waals surface area contributed by atoms with Gasteiger partial charge in [-0.15, -0.1) is 0 Å². The molecular formula is C13H19NOS. The summed E-state index contributed by atoms with van der Waals surface area (Å²) in [6, 6.07) is 8.27. The topological polar surface area (TPSA) is 43.1 Å². The highest BCUT2D eigenvalue weighted by atomic mass is 32.2. The minimum absolute atomic E-state index is 0.143. The lowest BCUT2D eigenvalue weighted by Gasteiger charge is -2.10. The van der Waals surface area contributed by atoms with E-state index in [1.54, 1.807) is 0 Å². The van der Waals surface area contributed by atoms with Crippen molar-refractivity contribution in [1.82, 2.24) is 0 Å². The number of nitrogens with two attached hydrogens (primary N) is 1. The molecule has 0 heterocycles. The largest absolute Gasteiger partial charge is 0.327 e. The Labute approximate surface area is 99.7 Å². The first-order valence-electron chi connectivity index (χ1n) is 5.82. The molecule has 2 rings (SSSR count). The van der Waals surface area contributed by atoms with Crippen LogP contribution in [0.5, 0.6) is 0 Å². The molecule has 0 aromatic heterocycles. The summed E-state index contributed by atoms with van der Waals surface area (Å²) in [7, 11) is -0.817. The van der Waals surface area contributed by atoms with E-state index in [0.717, 1.165) is 0 Å². The van der Waals surface area contributed by atoms with Crippen molar-refractivity contribution in [2.24, 2.45) is 11.7 Å². The molecule has 1 fully saturated rings. The molecule has 0 saturated heterocycles. The van der Waals surface area contributed by atoms with Crippen LogP contribution in [0.1, 0.15) is 24.0 Å². The number of aryl methyl sites for hydroxylation is 1. The van der Waals surface area contributed by atoms with Crippen LogP contribution < -0.4 is 5.73 Å². The maximum atomic E-state index is 11.9. The van der Waals surface area contributed by atoms with E-state index in [4.69, 9.17) is 5.73 Å². The molecule has 1 aliphatic rings. The predicted molar refractivity (Wildman–Crippen MR) is 68.6 cm³/mol. The van der Waals surface area contributed by atoms with Gasteiger partial charge in [-0.05, 0) is 36.8 Å². The average Bonchev–Trinajstić information content (AvgIpc) is 3.04. The molecule has 1 saturated carbocycles. The van der Waals surface area contributed by atoms with Gasteiger partial charge in [0.15, 0.2) is 0 Å². The molecule has 1 aromatic rings. The fraction of sp³-hybridized carbons (Fsp3) is 0.538. The number of benzene rings is 1. The minimum atomic E-state index is -0.817. The van der Waals surface area contributed by atoms with Gasteiger partial charge in [-0.25, -0.2) is 0 Å². The van der Waals surface area contributed by atoms with Gasteiger partial charge >= 0.3 is 0 Å². The second-order valence-corrected chi connectivity index (χ2v) is 6.18. The maximum absolute atomic E-state index is 11.9. The summed E-state index contributed by atoms with van der Waals surface area (Å²) in [5.74, 6) is 1.94. The normalized spacial score (nSPS) is 19.4. The molecule has 2 unspecified atom stereocenters. The van der Waals surface area contributed by atoms with Crippen molar-refractivity contribution >= 4 is 10.8 Å². The predicted octanol–water partition coefficient (Wildman–Crippen LogP) is 1.98. The molecule has 3 heteroatoms. The SMILES string of the molecule is Cc1ccccc1CS(=O)CC(N)C1CC1. The molecule has 0 spiro atoms. The van der Waals surface area contributed by atoms with Crippen LogP contribution in [0.2, 0.25) is 0 Å². The van der Waals surface area contributed by atoms with Gasteiger partial charge in [0, 0.05) is 28.3 Å². The standard InChI is InChI=1S/C13H19NOS/c1-10-4-2-3-5-12(10)8-16(15)9-13(14)11-6-7-11/h2-5,11,13H,6-9,14H2,1H3. The van der Waals surface area contributed by atoms with Crippen molar-refractivity contribution in [3.8, 4) is 0 Å². The van der Waals surface area contributed by atoms with Gasteiger partial charge in [-0.3, -0.25) is 4.21 Å². The van der Waals surface area contributed by atoms with Crippen LogP contribution >= 0.6 is 0 Å².